The summed E-state index contributed by atoms with van der Waals surface area (Å²) in [5.41, 5.74) is 3.65. The Morgan fingerprint density at radius 2 is 2.16 bits per heavy atom. The SMILES string of the molecule is Cn1cc(-c2cccc(C(=O)Nc3cc(Br)cnc3C3CC3)n2)cn1. The molecular weight excluding hydrogens is 382 g/mol. The Balaban J connectivity index is 1.61. The number of nitrogens with one attached hydrogen (secondary N) is 1. The molecule has 3 aromatic heterocycles. The number of aryl methyl sites for hydroxylation is 1. The van der Waals surface area contributed by atoms with Gasteiger partial charge < -0.3 is 5.32 Å². The lowest BCUT2D eigenvalue weighted by atomic mass is 10.2. The number of halogens is 1. The van der Waals surface area contributed by atoms with E-state index in [0.29, 0.717) is 11.6 Å². The molecule has 0 saturated heterocycles. The Kier molecular flexibility index (Phi) is 4.09. The Morgan fingerprint density at radius 3 is 2.88 bits per heavy atom. The van der Waals surface area contributed by atoms with Crippen molar-refractivity contribution in [2.45, 2.75) is 18.8 Å². The topological polar surface area (TPSA) is 72.7 Å². The molecule has 126 valence electrons. The minimum Gasteiger partial charge on any atom is -0.319 e. The second-order valence-electron chi connectivity index (χ2n) is 6.13. The van der Waals surface area contributed by atoms with Gasteiger partial charge in [-0.25, -0.2) is 4.98 Å². The zero-order chi connectivity index (χ0) is 17.4. The van der Waals surface area contributed by atoms with Crippen molar-refractivity contribution >= 4 is 27.5 Å². The Morgan fingerprint density at radius 1 is 1.32 bits per heavy atom. The average Bonchev–Trinajstić information content (AvgIpc) is 3.35. The van der Waals surface area contributed by atoms with Gasteiger partial charge >= 0.3 is 0 Å². The van der Waals surface area contributed by atoms with Crippen molar-refractivity contribution in [1.82, 2.24) is 19.7 Å². The standard InChI is InChI=1S/C18H16BrN5O/c1-24-10-12(8-21-24)14-3-2-4-15(22-14)18(25)23-16-7-13(19)9-20-17(16)11-5-6-11/h2-4,7-11H,5-6H2,1H3,(H,23,25). The monoisotopic (exact) mass is 397 g/mol. The predicted molar refractivity (Wildman–Crippen MR) is 98.3 cm³/mol. The summed E-state index contributed by atoms with van der Waals surface area (Å²) >= 11 is 3.42. The Hall–Kier alpha value is -2.54. The fourth-order valence-corrected chi connectivity index (χ4v) is 3.03. The molecule has 0 aliphatic heterocycles. The molecule has 1 N–H and O–H groups in total. The molecule has 6 nitrogen and oxygen atoms in total. The lowest BCUT2D eigenvalue weighted by Gasteiger charge is -2.10. The van der Waals surface area contributed by atoms with Gasteiger partial charge in [-0.05, 0) is 47.0 Å². The maximum atomic E-state index is 12.7. The molecule has 0 spiro atoms. The highest BCUT2D eigenvalue weighted by molar-refractivity contribution is 9.10. The van der Waals surface area contributed by atoms with Crippen molar-refractivity contribution in [2.75, 3.05) is 5.32 Å². The third-order valence-electron chi connectivity index (χ3n) is 4.08. The van der Waals surface area contributed by atoms with Crippen LogP contribution in [0.3, 0.4) is 0 Å². The molecule has 0 radical (unpaired) electrons. The Bertz CT molecular complexity index is 948. The van der Waals surface area contributed by atoms with Crippen molar-refractivity contribution in [2.24, 2.45) is 7.05 Å². The van der Waals surface area contributed by atoms with Gasteiger partial charge in [-0.3, -0.25) is 14.5 Å². The molecule has 3 heterocycles. The zero-order valence-electron chi connectivity index (χ0n) is 13.6. The van der Waals surface area contributed by atoms with Gasteiger partial charge in [-0.2, -0.15) is 5.10 Å². The third kappa shape index (κ3) is 3.46. The molecule has 7 heteroatoms. The van der Waals surface area contributed by atoms with Crippen LogP contribution in [0.25, 0.3) is 11.3 Å². The quantitative estimate of drug-likeness (QED) is 0.726. The van der Waals surface area contributed by atoms with Crippen molar-refractivity contribution in [3.8, 4) is 11.3 Å². The third-order valence-corrected chi connectivity index (χ3v) is 4.51. The van der Waals surface area contributed by atoms with Gasteiger partial charge in [0, 0.05) is 35.4 Å². The number of amides is 1. The molecule has 0 bridgehead atoms. The molecule has 0 unspecified atom stereocenters. The molecule has 1 aliphatic rings. The van der Waals surface area contributed by atoms with Crippen LogP contribution in [0.2, 0.25) is 0 Å². The molecule has 25 heavy (non-hydrogen) atoms. The summed E-state index contributed by atoms with van der Waals surface area (Å²) in [5.74, 6) is 0.200. The van der Waals surface area contributed by atoms with Crippen LogP contribution in [0.1, 0.15) is 34.9 Å². The van der Waals surface area contributed by atoms with Gasteiger partial charge in [-0.15, -0.1) is 0 Å². The van der Waals surface area contributed by atoms with Gasteiger partial charge in [0.1, 0.15) is 5.69 Å². The number of rotatable bonds is 4. The number of hydrogen-bond acceptors (Lipinski definition) is 4. The number of nitrogens with zero attached hydrogens (tertiary/aromatic N) is 4. The molecule has 4 rings (SSSR count). The number of carbonyl (C=O) groups excluding carboxylic acids is 1. The van der Waals surface area contributed by atoms with E-state index >= 15 is 0 Å². The first-order valence-electron chi connectivity index (χ1n) is 8.03. The number of carbonyl (C=O) groups is 1. The smallest absolute Gasteiger partial charge is 0.274 e. The average molecular weight is 398 g/mol. The minimum atomic E-state index is -0.243. The summed E-state index contributed by atoms with van der Waals surface area (Å²) in [5, 5.41) is 7.10. The van der Waals surface area contributed by atoms with E-state index in [-0.39, 0.29) is 5.91 Å². The minimum absolute atomic E-state index is 0.243. The van der Waals surface area contributed by atoms with Crippen LogP contribution in [0.5, 0.6) is 0 Å². The van der Waals surface area contributed by atoms with E-state index in [1.807, 2.05) is 31.4 Å². The second-order valence-corrected chi connectivity index (χ2v) is 7.04. The van der Waals surface area contributed by atoms with Crippen LogP contribution < -0.4 is 5.32 Å². The van der Waals surface area contributed by atoms with Gasteiger partial charge in [0.2, 0.25) is 0 Å². The van der Waals surface area contributed by atoms with Crippen LogP contribution in [-0.2, 0) is 7.05 Å². The van der Waals surface area contributed by atoms with Gasteiger partial charge in [0.05, 0.1) is 23.3 Å². The van der Waals surface area contributed by atoms with Crippen molar-refractivity contribution in [3.05, 3.63) is 58.7 Å². The molecular formula is C18H16BrN5O. The lowest BCUT2D eigenvalue weighted by Crippen LogP contribution is -2.15. The number of anilines is 1. The highest BCUT2D eigenvalue weighted by Crippen LogP contribution is 2.42. The summed E-state index contributed by atoms with van der Waals surface area (Å²) < 4.78 is 2.54. The fraction of sp³-hybridized carbons (Fsp3) is 0.222. The summed E-state index contributed by atoms with van der Waals surface area (Å²) in [6.07, 6.45) is 7.60. The van der Waals surface area contributed by atoms with E-state index in [0.717, 1.165) is 40.0 Å². The number of pyridine rings is 2. The van der Waals surface area contributed by atoms with Crippen LogP contribution in [0, 0.1) is 0 Å². The highest BCUT2D eigenvalue weighted by atomic mass is 79.9. The summed E-state index contributed by atoms with van der Waals surface area (Å²) in [6, 6.07) is 7.29. The molecule has 0 atom stereocenters. The lowest BCUT2D eigenvalue weighted by molar-refractivity contribution is 0.102. The van der Waals surface area contributed by atoms with Crippen LogP contribution in [0.4, 0.5) is 5.69 Å². The zero-order valence-corrected chi connectivity index (χ0v) is 15.2. The normalized spacial score (nSPS) is 13.7. The first-order valence-corrected chi connectivity index (χ1v) is 8.82. The van der Waals surface area contributed by atoms with E-state index < -0.39 is 0 Å². The summed E-state index contributed by atoms with van der Waals surface area (Å²) in [7, 11) is 1.85. The van der Waals surface area contributed by atoms with Crippen molar-refractivity contribution in [3.63, 3.8) is 0 Å². The van der Waals surface area contributed by atoms with Crippen molar-refractivity contribution < 1.29 is 4.79 Å². The summed E-state index contributed by atoms with van der Waals surface area (Å²) in [4.78, 5) is 21.6. The highest BCUT2D eigenvalue weighted by Gasteiger charge is 2.28. The molecule has 1 saturated carbocycles. The molecule has 1 amide bonds. The number of hydrogen-bond donors (Lipinski definition) is 1. The number of aromatic nitrogens is 4. The maximum absolute atomic E-state index is 12.7. The second kappa shape index (κ2) is 6.40. The van der Waals surface area contributed by atoms with E-state index in [2.05, 4.69) is 36.3 Å². The molecule has 3 aromatic rings. The van der Waals surface area contributed by atoms with E-state index in [9.17, 15) is 4.79 Å². The molecule has 1 fully saturated rings. The maximum Gasteiger partial charge on any atom is 0.274 e. The van der Waals surface area contributed by atoms with Gasteiger partial charge in [-0.1, -0.05) is 6.07 Å². The largest absolute Gasteiger partial charge is 0.319 e. The first kappa shape index (κ1) is 16.0. The Labute approximate surface area is 153 Å². The van der Waals surface area contributed by atoms with E-state index in [1.54, 1.807) is 23.1 Å². The van der Waals surface area contributed by atoms with E-state index in [4.69, 9.17) is 0 Å². The molecule has 1 aliphatic carbocycles. The predicted octanol–water partition coefficient (Wildman–Crippen LogP) is 3.77. The van der Waals surface area contributed by atoms with E-state index in [1.165, 1.54) is 0 Å². The molecule has 0 aromatic carbocycles. The van der Waals surface area contributed by atoms with Crippen LogP contribution in [-0.4, -0.2) is 25.7 Å². The van der Waals surface area contributed by atoms with Gasteiger partial charge in [0.15, 0.2) is 0 Å². The first-order chi connectivity index (χ1) is 12.1. The fourth-order valence-electron chi connectivity index (χ4n) is 2.69. The van der Waals surface area contributed by atoms with Crippen LogP contribution >= 0.6 is 15.9 Å². The van der Waals surface area contributed by atoms with Crippen LogP contribution in [0.15, 0.2) is 47.3 Å². The van der Waals surface area contributed by atoms with Crippen molar-refractivity contribution in [1.29, 1.82) is 0 Å². The summed E-state index contributed by atoms with van der Waals surface area (Å²) in [6.45, 7) is 0. The van der Waals surface area contributed by atoms with Gasteiger partial charge in [0.25, 0.3) is 5.91 Å².